The number of ether oxygens (including phenoxy) is 1. The molecule has 0 aromatic carbocycles. The van der Waals surface area contributed by atoms with E-state index in [0.717, 1.165) is 12.8 Å². The Labute approximate surface area is 105 Å². The second-order valence-corrected chi connectivity index (χ2v) is 4.51. The molecule has 6 nitrogen and oxygen atoms in total. The van der Waals surface area contributed by atoms with Gasteiger partial charge in [-0.1, -0.05) is 0 Å². The van der Waals surface area contributed by atoms with Crippen molar-refractivity contribution < 1.29 is 24.2 Å². The molecule has 0 bridgehead atoms. The standard InChI is InChI=1S/C12H17NO5/c14-8-12(1-3-17-4-2-12)13-6-10-5-9(7-18-10)11(15)16/h5,7,13-14H,1-4,6,8H2,(H,15,16). The predicted molar refractivity (Wildman–Crippen MR) is 62.4 cm³/mol. The summed E-state index contributed by atoms with van der Waals surface area (Å²) in [5.41, 5.74) is -0.217. The number of nitrogens with one attached hydrogen (secondary N) is 1. The topological polar surface area (TPSA) is 91.9 Å². The summed E-state index contributed by atoms with van der Waals surface area (Å²) in [6.07, 6.45) is 2.68. The molecule has 0 unspecified atom stereocenters. The molecule has 0 radical (unpaired) electrons. The highest BCUT2D eigenvalue weighted by Gasteiger charge is 2.31. The molecule has 0 amide bonds. The molecule has 0 spiro atoms. The lowest BCUT2D eigenvalue weighted by Gasteiger charge is -2.36. The van der Waals surface area contributed by atoms with E-state index in [1.54, 1.807) is 0 Å². The van der Waals surface area contributed by atoms with E-state index >= 15 is 0 Å². The Balaban J connectivity index is 1.94. The van der Waals surface area contributed by atoms with Crippen molar-refractivity contribution >= 4 is 5.97 Å². The first-order chi connectivity index (χ1) is 8.65. The normalized spacial score (nSPS) is 18.7. The van der Waals surface area contributed by atoms with Crippen LogP contribution in [0.2, 0.25) is 0 Å². The number of hydrogen-bond acceptors (Lipinski definition) is 5. The lowest BCUT2D eigenvalue weighted by atomic mass is 9.91. The zero-order chi connectivity index (χ0) is 13.0. The van der Waals surface area contributed by atoms with Crippen molar-refractivity contribution in [2.24, 2.45) is 0 Å². The molecule has 18 heavy (non-hydrogen) atoms. The summed E-state index contributed by atoms with van der Waals surface area (Å²) < 4.78 is 10.4. The first-order valence-corrected chi connectivity index (χ1v) is 5.89. The number of carbonyl (C=O) groups is 1. The van der Waals surface area contributed by atoms with Gasteiger partial charge in [0.2, 0.25) is 0 Å². The van der Waals surface area contributed by atoms with E-state index in [2.05, 4.69) is 5.32 Å². The molecule has 100 valence electrons. The third kappa shape index (κ3) is 2.90. The maximum Gasteiger partial charge on any atom is 0.338 e. The first-order valence-electron chi connectivity index (χ1n) is 5.89. The Bertz CT molecular complexity index is 408. The zero-order valence-electron chi connectivity index (χ0n) is 10.0. The molecule has 3 N–H and O–H groups in total. The van der Waals surface area contributed by atoms with Gasteiger partial charge in [0, 0.05) is 18.8 Å². The van der Waals surface area contributed by atoms with Gasteiger partial charge in [-0.2, -0.15) is 0 Å². The van der Waals surface area contributed by atoms with Gasteiger partial charge in [0.15, 0.2) is 0 Å². The second kappa shape index (κ2) is 5.51. The monoisotopic (exact) mass is 255 g/mol. The van der Waals surface area contributed by atoms with E-state index in [0.29, 0.717) is 25.5 Å². The summed E-state index contributed by atoms with van der Waals surface area (Å²) in [4.78, 5) is 10.7. The van der Waals surface area contributed by atoms with Crippen LogP contribution >= 0.6 is 0 Å². The van der Waals surface area contributed by atoms with E-state index < -0.39 is 5.97 Å². The lowest BCUT2D eigenvalue weighted by molar-refractivity contribution is 0.0104. The SMILES string of the molecule is O=C(O)c1coc(CNC2(CO)CCOCC2)c1. The number of aliphatic hydroxyl groups excluding tert-OH is 1. The zero-order valence-corrected chi connectivity index (χ0v) is 10.0. The molecule has 0 saturated carbocycles. The van der Waals surface area contributed by atoms with Crippen molar-refractivity contribution in [1.82, 2.24) is 5.32 Å². The smallest absolute Gasteiger partial charge is 0.338 e. The number of carboxylic acid groups (broad SMARTS) is 1. The molecule has 6 heteroatoms. The maximum atomic E-state index is 10.7. The van der Waals surface area contributed by atoms with Gasteiger partial charge in [-0.3, -0.25) is 0 Å². The van der Waals surface area contributed by atoms with Crippen LogP contribution in [-0.4, -0.2) is 41.5 Å². The fourth-order valence-corrected chi connectivity index (χ4v) is 2.01. The summed E-state index contributed by atoms with van der Waals surface area (Å²) in [5.74, 6) is -0.459. The minimum Gasteiger partial charge on any atom is -0.478 e. The van der Waals surface area contributed by atoms with Crippen LogP contribution in [0.25, 0.3) is 0 Å². The third-order valence-corrected chi connectivity index (χ3v) is 3.29. The van der Waals surface area contributed by atoms with Crippen LogP contribution in [0.4, 0.5) is 0 Å². The average molecular weight is 255 g/mol. The summed E-state index contributed by atoms with van der Waals surface area (Å²) in [5, 5.41) is 21.5. The van der Waals surface area contributed by atoms with Crippen LogP contribution in [0.3, 0.4) is 0 Å². The minimum absolute atomic E-state index is 0.0306. The Hall–Kier alpha value is -1.37. The van der Waals surface area contributed by atoms with Crippen molar-refractivity contribution in [2.75, 3.05) is 19.8 Å². The fourth-order valence-electron chi connectivity index (χ4n) is 2.01. The van der Waals surface area contributed by atoms with E-state index in [1.807, 2.05) is 0 Å². The largest absolute Gasteiger partial charge is 0.478 e. The number of aromatic carboxylic acids is 1. The van der Waals surface area contributed by atoms with Crippen LogP contribution in [-0.2, 0) is 11.3 Å². The van der Waals surface area contributed by atoms with Crippen molar-refractivity contribution in [1.29, 1.82) is 0 Å². The molecular weight excluding hydrogens is 238 g/mol. The molecule has 0 aliphatic carbocycles. The summed E-state index contributed by atoms with van der Waals surface area (Å²) in [7, 11) is 0. The van der Waals surface area contributed by atoms with E-state index in [9.17, 15) is 9.90 Å². The Morgan fingerprint density at radius 3 is 2.72 bits per heavy atom. The van der Waals surface area contributed by atoms with Crippen LogP contribution < -0.4 is 5.32 Å². The van der Waals surface area contributed by atoms with Crippen molar-refractivity contribution in [3.63, 3.8) is 0 Å². The quantitative estimate of drug-likeness (QED) is 0.714. The molecular formula is C12H17NO5. The minimum atomic E-state index is -1.01. The first kappa shape index (κ1) is 13.1. The highest BCUT2D eigenvalue weighted by Crippen LogP contribution is 2.21. The van der Waals surface area contributed by atoms with E-state index in [-0.39, 0.29) is 17.7 Å². The van der Waals surface area contributed by atoms with Crippen molar-refractivity contribution in [2.45, 2.75) is 24.9 Å². The average Bonchev–Trinajstić information content (AvgIpc) is 2.87. The number of furan rings is 1. The van der Waals surface area contributed by atoms with Crippen LogP contribution in [0.1, 0.15) is 29.0 Å². The Morgan fingerprint density at radius 2 is 2.17 bits per heavy atom. The number of rotatable bonds is 5. The van der Waals surface area contributed by atoms with Crippen LogP contribution in [0.15, 0.2) is 16.7 Å². The Kier molecular flexibility index (Phi) is 4.00. The molecule has 1 saturated heterocycles. The van der Waals surface area contributed by atoms with Crippen LogP contribution in [0, 0.1) is 0 Å². The second-order valence-electron chi connectivity index (χ2n) is 4.51. The molecule has 1 aliphatic heterocycles. The van der Waals surface area contributed by atoms with Gasteiger partial charge in [-0.15, -0.1) is 0 Å². The molecule has 0 atom stereocenters. The third-order valence-electron chi connectivity index (χ3n) is 3.29. The highest BCUT2D eigenvalue weighted by atomic mass is 16.5. The summed E-state index contributed by atoms with van der Waals surface area (Å²) in [6, 6.07) is 1.49. The van der Waals surface area contributed by atoms with Gasteiger partial charge in [0.05, 0.1) is 18.7 Å². The van der Waals surface area contributed by atoms with Crippen molar-refractivity contribution in [3.05, 3.63) is 23.7 Å². The Morgan fingerprint density at radius 1 is 1.44 bits per heavy atom. The summed E-state index contributed by atoms with van der Waals surface area (Å²) in [6.45, 7) is 1.66. The van der Waals surface area contributed by atoms with Crippen molar-refractivity contribution in [3.8, 4) is 0 Å². The molecule has 1 aromatic rings. The summed E-state index contributed by atoms with van der Waals surface area (Å²) >= 11 is 0. The van der Waals surface area contributed by atoms with Gasteiger partial charge >= 0.3 is 5.97 Å². The lowest BCUT2D eigenvalue weighted by Crippen LogP contribution is -2.51. The highest BCUT2D eigenvalue weighted by molar-refractivity contribution is 5.87. The molecule has 1 aromatic heterocycles. The van der Waals surface area contributed by atoms with Crippen LogP contribution in [0.5, 0.6) is 0 Å². The van der Waals surface area contributed by atoms with Gasteiger partial charge in [-0.05, 0) is 18.9 Å². The van der Waals surface area contributed by atoms with E-state index in [4.69, 9.17) is 14.3 Å². The molecule has 2 heterocycles. The molecule has 1 aliphatic rings. The number of aliphatic hydroxyl groups is 1. The maximum absolute atomic E-state index is 10.7. The van der Waals surface area contributed by atoms with Gasteiger partial charge < -0.3 is 24.7 Å². The van der Waals surface area contributed by atoms with Gasteiger partial charge in [-0.25, -0.2) is 4.79 Å². The van der Waals surface area contributed by atoms with Gasteiger partial charge in [0.1, 0.15) is 12.0 Å². The number of hydrogen-bond donors (Lipinski definition) is 3. The molecule has 2 rings (SSSR count). The fraction of sp³-hybridized carbons (Fsp3) is 0.583. The number of carboxylic acids is 1. The van der Waals surface area contributed by atoms with Gasteiger partial charge in [0.25, 0.3) is 0 Å². The van der Waals surface area contributed by atoms with E-state index in [1.165, 1.54) is 12.3 Å². The molecule has 1 fully saturated rings. The predicted octanol–water partition coefficient (Wildman–Crippen LogP) is 0.609.